The third-order valence-corrected chi connectivity index (χ3v) is 1.84. The van der Waals surface area contributed by atoms with Gasteiger partial charge in [0.2, 0.25) is 0 Å². The summed E-state index contributed by atoms with van der Waals surface area (Å²) in [6, 6.07) is 0.380. The molecule has 1 saturated heterocycles. The van der Waals surface area contributed by atoms with Crippen LogP contribution in [0.15, 0.2) is 0 Å². The molecule has 0 bridgehead atoms. The lowest BCUT2D eigenvalue weighted by Crippen LogP contribution is -2.55. The first-order chi connectivity index (χ1) is 4.83. The Morgan fingerprint density at radius 2 is 2.10 bits per heavy atom. The molecule has 0 saturated carbocycles. The van der Waals surface area contributed by atoms with Crippen LogP contribution in [0.3, 0.4) is 0 Å². The molecule has 0 amide bonds. The van der Waals surface area contributed by atoms with Gasteiger partial charge >= 0.3 is 0 Å². The van der Waals surface area contributed by atoms with Gasteiger partial charge in [-0.1, -0.05) is 0 Å². The molecule has 0 unspecified atom stereocenters. The van der Waals surface area contributed by atoms with Gasteiger partial charge in [-0.2, -0.15) is 0 Å². The molecular weight excluding hydrogens is 131 g/mol. The maximum Gasteiger partial charge on any atom is 0.0894 e. The monoisotopic (exact) mass is 146 g/mol. The van der Waals surface area contributed by atoms with Crippen LogP contribution in [0.5, 0.6) is 0 Å². The number of nitrogens with zero attached hydrogens (tertiary/aromatic N) is 1. The van der Waals surface area contributed by atoms with Crippen LogP contribution in [0.2, 0.25) is 0 Å². The van der Waals surface area contributed by atoms with Crippen LogP contribution in [-0.4, -0.2) is 37.3 Å². The smallest absolute Gasteiger partial charge is 0.0894 e. The Morgan fingerprint density at radius 1 is 1.40 bits per heavy atom. The predicted molar refractivity (Wildman–Crippen MR) is 39.6 cm³/mol. The van der Waals surface area contributed by atoms with Gasteiger partial charge in [-0.3, -0.25) is 4.39 Å². The van der Waals surface area contributed by atoms with E-state index < -0.39 is 0 Å². The summed E-state index contributed by atoms with van der Waals surface area (Å²) in [7, 11) is 0. The summed E-state index contributed by atoms with van der Waals surface area (Å²) >= 11 is 0. The number of hydrogen-bond acceptors (Lipinski definition) is 2. The van der Waals surface area contributed by atoms with Crippen molar-refractivity contribution in [2.24, 2.45) is 5.73 Å². The Kier molecular flexibility index (Phi) is 3.09. The van der Waals surface area contributed by atoms with E-state index in [2.05, 4.69) is 4.90 Å². The molecule has 1 fully saturated rings. The van der Waals surface area contributed by atoms with Gasteiger partial charge in [0.05, 0.1) is 6.67 Å². The quantitative estimate of drug-likeness (QED) is 0.581. The van der Waals surface area contributed by atoms with Crippen LogP contribution in [0.25, 0.3) is 0 Å². The van der Waals surface area contributed by atoms with E-state index in [4.69, 9.17) is 5.73 Å². The van der Waals surface area contributed by atoms with Gasteiger partial charge in [-0.25, -0.2) is 0 Å². The molecule has 10 heavy (non-hydrogen) atoms. The van der Waals surface area contributed by atoms with E-state index in [0.29, 0.717) is 12.5 Å². The second-order valence-corrected chi connectivity index (χ2v) is 2.92. The summed E-state index contributed by atoms with van der Waals surface area (Å²) in [5.74, 6) is 0. The Morgan fingerprint density at radius 3 is 2.60 bits per heavy atom. The Labute approximate surface area is 61.2 Å². The van der Waals surface area contributed by atoms with E-state index in [1.165, 1.54) is 0 Å². The lowest BCUT2D eigenvalue weighted by molar-refractivity contribution is 0.147. The van der Waals surface area contributed by atoms with Crippen molar-refractivity contribution in [2.75, 3.05) is 26.3 Å². The summed E-state index contributed by atoms with van der Waals surface area (Å²) in [4.78, 5) is 2.26. The lowest BCUT2D eigenvalue weighted by atomic mass is 10.1. The SMILES string of the molecule is NC1CN(CCCCF)C1. The van der Waals surface area contributed by atoms with E-state index >= 15 is 0 Å². The first kappa shape index (κ1) is 7.95. The Bertz CT molecular complexity index is 91.6. The zero-order valence-electron chi connectivity index (χ0n) is 6.22. The number of hydrogen-bond donors (Lipinski definition) is 1. The average molecular weight is 146 g/mol. The summed E-state index contributed by atoms with van der Waals surface area (Å²) < 4.78 is 11.6. The summed E-state index contributed by atoms with van der Waals surface area (Å²) in [5.41, 5.74) is 5.56. The molecule has 0 aromatic heterocycles. The molecule has 2 N–H and O–H groups in total. The Balaban J connectivity index is 1.86. The number of unbranched alkanes of at least 4 members (excludes halogenated alkanes) is 1. The standard InChI is InChI=1S/C7H15FN2/c8-3-1-2-4-10-5-7(9)6-10/h7H,1-6,9H2. The van der Waals surface area contributed by atoms with Crippen LogP contribution in [-0.2, 0) is 0 Å². The fourth-order valence-corrected chi connectivity index (χ4v) is 1.22. The molecule has 0 aromatic carbocycles. The van der Waals surface area contributed by atoms with Crippen LogP contribution in [0.1, 0.15) is 12.8 Å². The minimum atomic E-state index is -0.181. The molecule has 0 radical (unpaired) electrons. The molecule has 60 valence electrons. The van der Waals surface area contributed by atoms with Crippen molar-refractivity contribution in [2.45, 2.75) is 18.9 Å². The highest BCUT2D eigenvalue weighted by Crippen LogP contribution is 2.06. The molecule has 0 atom stereocenters. The normalized spacial score (nSPS) is 21.0. The Hall–Kier alpha value is -0.150. The van der Waals surface area contributed by atoms with Crippen LogP contribution in [0.4, 0.5) is 4.39 Å². The third-order valence-electron chi connectivity index (χ3n) is 1.84. The van der Waals surface area contributed by atoms with Crippen LogP contribution in [0, 0.1) is 0 Å². The van der Waals surface area contributed by atoms with Crippen molar-refractivity contribution < 1.29 is 4.39 Å². The molecule has 0 aliphatic carbocycles. The molecule has 1 aliphatic heterocycles. The molecule has 1 heterocycles. The van der Waals surface area contributed by atoms with Crippen molar-refractivity contribution >= 4 is 0 Å². The maximum atomic E-state index is 11.6. The van der Waals surface area contributed by atoms with Crippen LogP contribution < -0.4 is 5.73 Å². The predicted octanol–water partition coefficient (Wildman–Crippen LogP) is 0.379. The molecule has 1 aliphatic rings. The van der Waals surface area contributed by atoms with Crippen molar-refractivity contribution in [3.8, 4) is 0 Å². The summed E-state index contributed by atoms with van der Waals surface area (Å²) in [6.07, 6.45) is 1.68. The number of halogens is 1. The minimum Gasteiger partial charge on any atom is -0.325 e. The zero-order valence-corrected chi connectivity index (χ0v) is 6.22. The molecule has 2 nitrogen and oxygen atoms in total. The number of alkyl halides is 1. The fourth-order valence-electron chi connectivity index (χ4n) is 1.22. The van der Waals surface area contributed by atoms with Gasteiger partial charge in [-0.15, -0.1) is 0 Å². The zero-order chi connectivity index (χ0) is 7.40. The minimum absolute atomic E-state index is 0.181. The largest absolute Gasteiger partial charge is 0.325 e. The molecule has 3 heteroatoms. The lowest BCUT2D eigenvalue weighted by Gasteiger charge is -2.36. The van der Waals surface area contributed by atoms with Crippen LogP contribution >= 0.6 is 0 Å². The summed E-state index contributed by atoms with van der Waals surface area (Å²) in [6.45, 7) is 2.86. The van der Waals surface area contributed by atoms with Gasteiger partial charge in [0.1, 0.15) is 0 Å². The van der Waals surface area contributed by atoms with E-state index in [-0.39, 0.29) is 6.67 Å². The maximum absolute atomic E-state index is 11.6. The highest BCUT2D eigenvalue weighted by atomic mass is 19.1. The average Bonchev–Trinajstić information content (AvgIpc) is 1.85. The highest BCUT2D eigenvalue weighted by molar-refractivity contribution is 4.81. The molecule has 1 rings (SSSR count). The van der Waals surface area contributed by atoms with Gasteiger partial charge in [-0.05, 0) is 19.4 Å². The van der Waals surface area contributed by atoms with Gasteiger partial charge in [0.25, 0.3) is 0 Å². The number of rotatable bonds is 4. The topological polar surface area (TPSA) is 29.3 Å². The van der Waals surface area contributed by atoms with Gasteiger partial charge < -0.3 is 10.6 Å². The molecular formula is C7H15FN2. The van der Waals surface area contributed by atoms with E-state index in [1.807, 2.05) is 0 Å². The number of nitrogens with two attached hydrogens (primary N) is 1. The third kappa shape index (κ3) is 2.23. The van der Waals surface area contributed by atoms with Gasteiger partial charge in [0, 0.05) is 19.1 Å². The fraction of sp³-hybridized carbons (Fsp3) is 1.00. The van der Waals surface area contributed by atoms with E-state index in [0.717, 1.165) is 26.1 Å². The summed E-state index contributed by atoms with van der Waals surface area (Å²) in [5, 5.41) is 0. The first-order valence-corrected chi connectivity index (χ1v) is 3.87. The highest BCUT2D eigenvalue weighted by Gasteiger charge is 2.21. The van der Waals surface area contributed by atoms with Crippen molar-refractivity contribution in [1.82, 2.24) is 4.90 Å². The molecule has 0 aromatic rings. The van der Waals surface area contributed by atoms with E-state index in [9.17, 15) is 4.39 Å². The number of likely N-dealkylation sites (tertiary alicyclic amines) is 1. The first-order valence-electron chi connectivity index (χ1n) is 3.87. The molecule has 0 spiro atoms. The second kappa shape index (κ2) is 3.88. The van der Waals surface area contributed by atoms with Crippen molar-refractivity contribution in [3.05, 3.63) is 0 Å². The van der Waals surface area contributed by atoms with E-state index in [1.54, 1.807) is 0 Å². The van der Waals surface area contributed by atoms with Crippen molar-refractivity contribution in [1.29, 1.82) is 0 Å². The van der Waals surface area contributed by atoms with Crippen molar-refractivity contribution in [3.63, 3.8) is 0 Å². The van der Waals surface area contributed by atoms with Gasteiger partial charge in [0.15, 0.2) is 0 Å². The second-order valence-electron chi connectivity index (χ2n) is 2.92.